The van der Waals surface area contributed by atoms with Crippen molar-refractivity contribution < 1.29 is 9.47 Å². The summed E-state index contributed by atoms with van der Waals surface area (Å²) in [6, 6.07) is 9.32. The predicted octanol–water partition coefficient (Wildman–Crippen LogP) is 3.94. The van der Waals surface area contributed by atoms with E-state index in [9.17, 15) is 0 Å². The Hall–Kier alpha value is -1.06. The minimum Gasteiger partial charge on any atom is -0.491 e. The van der Waals surface area contributed by atoms with Crippen molar-refractivity contribution in [3.63, 3.8) is 0 Å². The zero-order chi connectivity index (χ0) is 15.2. The van der Waals surface area contributed by atoms with Crippen LogP contribution in [0.3, 0.4) is 0 Å². The van der Waals surface area contributed by atoms with Crippen molar-refractivity contribution in [2.75, 3.05) is 13.2 Å². The lowest BCUT2D eigenvalue weighted by Crippen LogP contribution is -2.38. The van der Waals surface area contributed by atoms with Crippen LogP contribution in [-0.2, 0) is 4.74 Å². The molecule has 0 spiro atoms. The number of benzene rings is 1. The van der Waals surface area contributed by atoms with Crippen molar-refractivity contribution in [1.82, 2.24) is 5.32 Å². The van der Waals surface area contributed by atoms with E-state index < -0.39 is 0 Å². The summed E-state index contributed by atoms with van der Waals surface area (Å²) < 4.78 is 11.1. The number of rotatable bonds is 6. The third kappa shape index (κ3) is 5.01. The van der Waals surface area contributed by atoms with Crippen LogP contribution in [0.15, 0.2) is 24.3 Å². The van der Waals surface area contributed by atoms with Crippen LogP contribution in [0.4, 0.5) is 0 Å². The van der Waals surface area contributed by atoms with Gasteiger partial charge in [-0.05, 0) is 64.2 Å². The summed E-state index contributed by atoms with van der Waals surface area (Å²) in [6.07, 6.45) is 2.56. The average Bonchev–Trinajstić information content (AvgIpc) is 2.48. The molecule has 2 rings (SSSR count). The smallest absolute Gasteiger partial charge is 0.119 e. The monoisotopic (exact) mass is 291 g/mol. The average molecular weight is 291 g/mol. The molecule has 2 atom stereocenters. The van der Waals surface area contributed by atoms with Crippen LogP contribution in [0.25, 0.3) is 0 Å². The van der Waals surface area contributed by atoms with Gasteiger partial charge in [0.1, 0.15) is 5.75 Å². The van der Waals surface area contributed by atoms with E-state index in [2.05, 4.69) is 43.4 Å². The lowest BCUT2D eigenvalue weighted by molar-refractivity contribution is 0.0547. The molecule has 0 aromatic heterocycles. The fourth-order valence-electron chi connectivity index (χ4n) is 2.95. The molecule has 1 aromatic carbocycles. The first-order valence-corrected chi connectivity index (χ1v) is 8.16. The third-order valence-electron chi connectivity index (χ3n) is 4.24. The summed E-state index contributed by atoms with van der Waals surface area (Å²) in [4.78, 5) is 0. The van der Waals surface area contributed by atoms with Crippen molar-refractivity contribution in [3.05, 3.63) is 29.8 Å². The van der Waals surface area contributed by atoms with E-state index in [1.807, 2.05) is 13.8 Å². The molecule has 2 unspecified atom stereocenters. The number of hydrogen-bond acceptors (Lipinski definition) is 3. The highest BCUT2D eigenvalue weighted by molar-refractivity contribution is 5.29. The minimum atomic E-state index is 0.222. The maximum absolute atomic E-state index is 5.69. The van der Waals surface area contributed by atoms with E-state index in [1.54, 1.807) is 0 Å². The Morgan fingerprint density at radius 1 is 1.05 bits per heavy atom. The molecule has 3 nitrogen and oxygen atoms in total. The molecule has 1 saturated heterocycles. The summed E-state index contributed by atoms with van der Waals surface area (Å²) in [7, 11) is 0. The molecule has 21 heavy (non-hydrogen) atoms. The molecule has 1 N–H and O–H groups in total. The lowest BCUT2D eigenvalue weighted by atomic mass is 9.92. The van der Waals surface area contributed by atoms with Crippen LogP contribution in [0.2, 0.25) is 0 Å². The minimum absolute atomic E-state index is 0.222. The zero-order valence-corrected chi connectivity index (χ0v) is 13.8. The summed E-state index contributed by atoms with van der Waals surface area (Å²) >= 11 is 0. The summed E-state index contributed by atoms with van der Waals surface area (Å²) in [6.45, 7) is 10.4. The van der Waals surface area contributed by atoms with E-state index >= 15 is 0 Å². The first kappa shape index (κ1) is 16.3. The van der Waals surface area contributed by atoms with E-state index in [-0.39, 0.29) is 6.10 Å². The van der Waals surface area contributed by atoms with Crippen LogP contribution in [0.5, 0.6) is 5.75 Å². The van der Waals surface area contributed by atoms with Crippen LogP contribution in [-0.4, -0.2) is 25.4 Å². The maximum Gasteiger partial charge on any atom is 0.119 e. The molecule has 1 fully saturated rings. The molecule has 0 aliphatic carbocycles. The first-order valence-electron chi connectivity index (χ1n) is 8.16. The van der Waals surface area contributed by atoms with E-state index in [1.165, 1.54) is 18.4 Å². The fraction of sp³-hybridized carbons (Fsp3) is 0.667. The molecule has 0 bridgehead atoms. The largest absolute Gasteiger partial charge is 0.491 e. The predicted molar refractivity (Wildman–Crippen MR) is 86.8 cm³/mol. The molecular weight excluding hydrogens is 262 g/mol. The summed E-state index contributed by atoms with van der Waals surface area (Å²) in [5.74, 6) is 1.67. The van der Waals surface area contributed by atoms with Gasteiger partial charge in [-0.25, -0.2) is 0 Å². The summed E-state index contributed by atoms with van der Waals surface area (Å²) in [5.41, 5.74) is 1.31. The number of hydrogen-bond donors (Lipinski definition) is 1. The quantitative estimate of drug-likeness (QED) is 0.861. The molecular formula is C18H29NO2. The van der Waals surface area contributed by atoms with Crippen molar-refractivity contribution in [2.45, 2.75) is 58.7 Å². The van der Waals surface area contributed by atoms with Gasteiger partial charge >= 0.3 is 0 Å². The Kier molecular flexibility index (Phi) is 6.07. The van der Waals surface area contributed by atoms with E-state index in [0.29, 0.717) is 12.1 Å². The zero-order valence-electron chi connectivity index (χ0n) is 13.8. The van der Waals surface area contributed by atoms with Crippen LogP contribution in [0, 0.1) is 5.92 Å². The highest BCUT2D eigenvalue weighted by Crippen LogP contribution is 2.23. The van der Waals surface area contributed by atoms with Crippen LogP contribution in [0.1, 0.15) is 52.1 Å². The van der Waals surface area contributed by atoms with Crippen LogP contribution >= 0.6 is 0 Å². The second-order valence-corrected chi connectivity index (χ2v) is 6.36. The molecule has 1 aliphatic rings. The highest BCUT2D eigenvalue weighted by Gasteiger charge is 2.21. The van der Waals surface area contributed by atoms with Crippen LogP contribution < -0.4 is 10.1 Å². The van der Waals surface area contributed by atoms with Gasteiger partial charge in [-0.2, -0.15) is 0 Å². The standard InChI is InChI=1S/C18H29NO2/c1-13(2)21-18-7-5-16(6-8-18)14(3)19-15(4)17-9-11-20-12-10-17/h5-8,13-15,17,19H,9-12H2,1-4H3. The second kappa shape index (κ2) is 7.81. The number of ether oxygens (including phenoxy) is 2. The third-order valence-corrected chi connectivity index (χ3v) is 4.24. The van der Waals surface area contributed by atoms with Crippen molar-refractivity contribution >= 4 is 0 Å². The first-order chi connectivity index (χ1) is 10.1. The highest BCUT2D eigenvalue weighted by atomic mass is 16.5. The Labute approximate surface area is 129 Å². The normalized spacial score (nSPS) is 19.5. The Balaban J connectivity index is 1.88. The molecule has 3 heteroatoms. The van der Waals surface area contributed by atoms with Crippen molar-refractivity contribution in [3.8, 4) is 5.75 Å². The van der Waals surface area contributed by atoms with Gasteiger partial charge in [-0.1, -0.05) is 12.1 Å². The van der Waals surface area contributed by atoms with Crippen molar-refractivity contribution in [1.29, 1.82) is 0 Å². The molecule has 1 heterocycles. The van der Waals surface area contributed by atoms with Gasteiger partial charge in [-0.15, -0.1) is 0 Å². The Bertz CT molecular complexity index is 410. The molecule has 118 valence electrons. The lowest BCUT2D eigenvalue weighted by Gasteiger charge is -2.31. The van der Waals surface area contributed by atoms with Crippen molar-refractivity contribution in [2.24, 2.45) is 5.92 Å². The Morgan fingerprint density at radius 2 is 1.67 bits per heavy atom. The van der Waals surface area contributed by atoms with Gasteiger partial charge in [0.2, 0.25) is 0 Å². The number of nitrogens with one attached hydrogen (secondary N) is 1. The van der Waals surface area contributed by atoms with Gasteiger partial charge in [0.15, 0.2) is 0 Å². The van der Waals surface area contributed by atoms with Gasteiger partial charge in [0, 0.05) is 25.3 Å². The maximum atomic E-state index is 5.69. The van der Waals surface area contributed by atoms with Gasteiger partial charge in [0.05, 0.1) is 6.10 Å². The van der Waals surface area contributed by atoms with E-state index in [0.717, 1.165) is 24.9 Å². The summed E-state index contributed by atoms with van der Waals surface area (Å²) in [5, 5.41) is 3.73. The SMILES string of the molecule is CC(C)Oc1ccc(C(C)NC(C)C2CCOCC2)cc1. The van der Waals surface area contributed by atoms with E-state index in [4.69, 9.17) is 9.47 Å². The topological polar surface area (TPSA) is 30.5 Å². The molecule has 0 radical (unpaired) electrons. The molecule has 0 saturated carbocycles. The second-order valence-electron chi connectivity index (χ2n) is 6.36. The van der Waals surface area contributed by atoms with Gasteiger partial charge < -0.3 is 14.8 Å². The van der Waals surface area contributed by atoms with Gasteiger partial charge in [-0.3, -0.25) is 0 Å². The molecule has 1 aromatic rings. The molecule has 0 amide bonds. The van der Waals surface area contributed by atoms with Gasteiger partial charge in [0.25, 0.3) is 0 Å². The fourth-order valence-corrected chi connectivity index (χ4v) is 2.95. The molecule has 1 aliphatic heterocycles. The Morgan fingerprint density at radius 3 is 2.24 bits per heavy atom.